The highest BCUT2D eigenvalue weighted by molar-refractivity contribution is 14.0. The van der Waals surface area contributed by atoms with Crippen molar-refractivity contribution in [2.75, 3.05) is 12.0 Å². The Balaban J connectivity index is 0.00000256. The van der Waals surface area contributed by atoms with E-state index in [2.05, 4.69) is 16.0 Å². The standard InChI is InChI=1S/C9H12N4S3.HI/c1-14-8(11)13-9-12-7(6-16-9)5-15-4-2-3-10;/h6H,2,4-5H2,1H3,(H2,11,12,13);1H. The zero-order valence-corrected chi connectivity index (χ0v) is 14.0. The number of aromatic nitrogens is 1. The molecule has 1 heterocycles. The molecular weight excluding hydrogens is 387 g/mol. The van der Waals surface area contributed by atoms with Gasteiger partial charge in [0.15, 0.2) is 5.17 Å². The number of nitrogens with two attached hydrogens (primary N) is 1. The van der Waals surface area contributed by atoms with Crippen molar-refractivity contribution < 1.29 is 0 Å². The number of amidine groups is 1. The Morgan fingerprint density at radius 2 is 2.47 bits per heavy atom. The molecule has 0 spiro atoms. The van der Waals surface area contributed by atoms with Gasteiger partial charge in [0, 0.05) is 23.3 Å². The Hall–Kier alpha value is 0.0200. The summed E-state index contributed by atoms with van der Waals surface area (Å²) in [5, 5.41) is 11.6. The van der Waals surface area contributed by atoms with E-state index in [0.717, 1.165) is 17.2 Å². The number of halogens is 1. The van der Waals surface area contributed by atoms with E-state index in [1.165, 1.54) is 23.1 Å². The van der Waals surface area contributed by atoms with Crippen molar-refractivity contribution in [2.45, 2.75) is 12.2 Å². The summed E-state index contributed by atoms with van der Waals surface area (Å²) < 4.78 is 0. The molecule has 0 aliphatic heterocycles. The van der Waals surface area contributed by atoms with Crippen LogP contribution in [0.4, 0.5) is 5.13 Å². The fraction of sp³-hybridized carbons (Fsp3) is 0.444. The van der Waals surface area contributed by atoms with Gasteiger partial charge in [-0.3, -0.25) is 0 Å². The second kappa shape index (κ2) is 9.99. The van der Waals surface area contributed by atoms with E-state index in [9.17, 15) is 0 Å². The molecule has 0 aliphatic carbocycles. The van der Waals surface area contributed by atoms with Crippen LogP contribution in [-0.2, 0) is 5.75 Å². The van der Waals surface area contributed by atoms with Crippen molar-refractivity contribution in [1.29, 1.82) is 5.26 Å². The van der Waals surface area contributed by atoms with Crippen LogP contribution in [0.2, 0.25) is 0 Å². The van der Waals surface area contributed by atoms with Crippen LogP contribution in [0.3, 0.4) is 0 Å². The fourth-order valence-electron chi connectivity index (χ4n) is 0.848. The van der Waals surface area contributed by atoms with Crippen LogP contribution in [-0.4, -0.2) is 22.2 Å². The van der Waals surface area contributed by atoms with Crippen LogP contribution >= 0.6 is 58.8 Å². The summed E-state index contributed by atoms with van der Waals surface area (Å²) in [5.41, 5.74) is 6.59. The second-order valence-electron chi connectivity index (χ2n) is 2.74. The van der Waals surface area contributed by atoms with Crippen LogP contribution < -0.4 is 5.73 Å². The normalized spacial score (nSPS) is 10.7. The van der Waals surface area contributed by atoms with Gasteiger partial charge in [0.25, 0.3) is 0 Å². The molecule has 4 nitrogen and oxygen atoms in total. The molecule has 1 aromatic rings. The fourth-order valence-corrected chi connectivity index (χ4v) is 2.62. The number of rotatable bonds is 5. The van der Waals surface area contributed by atoms with Gasteiger partial charge in [-0.15, -0.1) is 35.3 Å². The average Bonchev–Trinajstić information content (AvgIpc) is 2.72. The first-order chi connectivity index (χ1) is 7.76. The zero-order valence-electron chi connectivity index (χ0n) is 9.25. The topological polar surface area (TPSA) is 75.1 Å². The Labute approximate surface area is 130 Å². The lowest BCUT2D eigenvalue weighted by molar-refractivity contribution is 1.20. The molecule has 0 unspecified atom stereocenters. The van der Waals surface area contributed by atoms with Crippen molar-refractivity contribution in [1.82, 2.24) is 4.98 Å². The summed E-state index contributed by atoms with van der Waals surface area (Å²) in [4.78, 5) is 8.48. The maximum atomic E-state index is 8.38. The van der Waals surface area contributed by atoms with Gasteiger partial charge in [0.1, 0.15) is 0 Å². The Morgan fingerprint density at radius 1 is 1.71 bits per heavy atom. The highest BCUT2D eigenvalue weighted by Crippen LogP contribution is 2.22. The van der Waals surface area contributed by atoms with Gasteiger partial charge in [0.2, 0.25) is 5.13 Å². The molecule has 0 radical (unpaired) electrons. The monoisotopic (exact) mass is 400 g/mol. The lowest BCUT2D eigenvalue weighted by atomic mass is 10.6. The van der Waals surface area contributed by atoms with Gasteiger partial charge in [-0.05, 0) is 6.26 Å². The van der Waals surface area contributed by atoms with Crippen molar-refractivity contribution >= 4 is 69.1 Å². The number of thioether (sulfide) groups is 2. The second-order valence-corrected chi connectivity index (χ2v) is 5.50. The number of aliphatic imine (C=N–C) groups is 1. The smallest absolute Gasteiger partial charge is 0.211 e. The molecule has 94 valence electrons. The number of thiazole rings is 1. The van der Waals surface area contributed by atoms with E-state index in [-0.39, 0.29) is 24.0 Å². The SMILES string of the molecule is CS/C(N)=N\c1nc(CSCCC#N)cs1.I. The minimum Gasteiger partial charge on any atom is -0.378 e. The number of hydrogen-bond donors (Lipinski definition) is 1. The summed E-state index contributed by atoms with van der Waals surface area (Å²) in [7, 11) is 0. The predicted octanol–water partition coefficient (Wildman–Crippen LogP) is 3.22. The maximum Gasteiger partial charge on any atom is 0.211 e. The molecule has 17 heavy (non-hydrogen) atoms. The minimum atomic E-state index is 0. The van der Waals surface area contributed by atoms with E-state index < -0.39 is 0 Å². The average molecular weight is 400 g/mol. The largest absolute Gasteiger partial charge is 0.378 e. The summed E-state index contributed by atoms with van der Waals surface area (Å²) >= 11 is 4.60. The van der Waals surface area contributed by atoms with E-state index in [0.29, 0.717) is 16.7 Å². The Morgan fingerprint density at radius 3 is 3.12 bits per heavy atom. The first-order valence-electron chi connectivity index (χ1n) is 4.53. The lowest BCUT2D eigenvalue weighted by Crippen LogP contribution is -2.03. The lowest BCUT2D eigenvalue weighted by Gasteiger charge is -1.93. The zero-order chi connectivity index (χ0) is 11.8. The molecule has 0 saturated carbocycles. The maximum absolute atomic E-state index is 8.38. The van der Waals surface area contributed by atoms with Gasteiger partial charge in [-0.1, -0.05) is 11.8 Å². The van der Waals surface area contributed by atoms with Crippen LogP contribution in [0.5, 0.6) is 0 Å². The van der Waals surface area contributed by atoms with E-state index in [4.69, 9.17) is 11.0 Å². The van der Waals surface area contributed by atoms with E-state index in [1.807, 2.05) is 11.6 Å². The van der Waals surface area contributed by atoms with E-state index >= 15 is 0 Å². The van der Waals surface area contributed by atoms with Crippen molar-refractivity contribution in [2.24, 2.45) is 10.7 Å². The van der Waals surface area contributed by atoms with Crippen molar-refractivity contribution in [3.05, 3.63) is 11.1 Å². The first kappa shape index (κ1) is 17.0. The van der Waals surface area contributed by atoms with Crippen molar-refractivity contribution in [3.63, 3.8) is 0 Å². The summed E-state index contributed by atoms with van der Waals surface area (Å²) in [6, 6.07) is 2.11. The quantitative estimate of drug-likeness (QED) is 0.356. The molecule has 0 atom stereocenters. The molecule has 0 amide bonds. The predicted molar refractivity (Wildman–Crippen MR) is 88.7 cm³/mol. The van der Waals surface area contributed by atoms with Gasteiger partial charge in [-0.25, -0.2) is 4.98 Å². The minimum absolute atomic E-state index is 0. The molecule has 2 N–H and O–H groups in total. The molecule has 0 aromatic carbocycles. The highest BCUT2D eigenvalue weighted by atomic mass is 127. The van der Waals surface area contributed by atoms with Crippen LogP contribution in [0, 0.1) is 11.3 Å². The van der Waals surface area contributed by atoms with Crippen LogP contribution in [0.25, 0.3) is 0 Å². The molecule has 1 rings (SSSR count). The third-order valence-corrected chi connectivity index (χ3v) is 3.85. The molecule has 0 saturated heterocycles. The summed E-state index contributed by atoms with van der Waals surface area (Å²) in [6.45, 7) is 0. The molecule has 8 heteroatoms. The Bertz CT molecular complexity index is 399. The third kappa shape index (κ3) is 7.13. The van der Waals surface area contributed by atoms with Crippen molar-refractivity contribution in [3.8, 4) is 6.07 Å². The van der Waals surface area contributed by atoms with Gasteiger partial charge >= 0.3 is 0 Å². The summed E-state index contributed by atoms with van der Waals surface area (Å²) in [5.74, 6) is 1.67. The first-order valence-corrected chi connectivity index (χ1v) is 7.79. The van der Waals surface area contributed by atoms with Gasteiger partial charge in [-0.2, -0.15) is 22.0 Å². The molecule has 0 aliphatic rings. The van der Waals surface area contributed by atoms with Crippen LogP contribution in [0.1, 0.15) is 12.1 Å². The van der Waals surface area contributed by atoms with Gasteiger partial charge in [0.05, 0.1) is 11.8 Å². The Kier molecular flexibility index (Phi) is 10.0. The highest BCUT2D eigenvalue weighted by Gasteiger charge is 2.01. The third-order valence-electron chi connectivity index (χ3n) is 1.56. The molecule has 0 fully saturated rings. The molecular formula is C9H13IN4S3. The molecule has 1 aromatic heterocycles. The van der Waals surface area contributed by atoms with Crippen LogP contribution in [0.15, 0.2) is 10.4 Å². The molecule has 0 bridgehead atoms. The summed E-state index contributed by atoms with van der Waals surface area (Å²) in [6.07, 6.45) is 2.46. The van der Waals surface area contributed by atoms with Gasteiger partial charge < -0.3 is 5.73 Å². The number of nitrogens with zero attached hydrogens (tertiary/aromatic N) is 3. The number of nitriles is 1. The van der Waals surface area contributed by atoms with E-state index in [1.54, 1.807) is 11.8 Å². The number of hydrogen-bond acceptors (Lipinski definition) is 6.